The molecule has 39 heavy (non-hydrogen) atoms. The second-order valence-corrected chi connectivity index (χ2v) is 10.1. The van der Waals surface area contributed by atoms with Crippen LogP contribution >= 0.6 is 0 Å². The van der Waals surface area contributed by atoms with Crippen molar-refractivity contribution in [3.8, 4) is 5.75 Å². The maximum atomic E-state index is 14.0. The van der Waals surface area contributed by atoms with Crippen LogP contribution < -0.4 is 14.5 Å². The third kappa shape index (κ3) is 4.47. The molecule has 200 valence electrons. The van der Waals surface area contributed by atoms with Crippen molar-refractivity contribution >= 4 is 34.0 Å². The van der Waals surface area contributed by atoms with Gasteiger partial charge in [-0.2, -0.15) is 14.4 Å². The molecule has 1 amide bonds. The zero-order valence-corrected chi connectivity index (χ0v) is 22.1. The van der Waals surface area contributed by atoms with Crippen molar-refractivity contribution in [3.63, 3.8) is 0 Å². The fraction of sp³-hybridized carbons (Fsp3) is 0.300. The van der Waals surface area contributed by atoms with Gasteiger partial charge in [0, 0.05) is 50.6 Å². The van der Waals surface area contributed by atoms with E-state index in [2.05, 4.69) is 28.2 Å². The summed E-state index contributed by atoms with van der Waals surface area (Å²) in [6.45, 7) is 2.80. The fourth-order valence-corrected chi connectivity index (χ4v) is 5.53. The molecule has 1 aliphatic heterocycles. The van der Waals surface area contributed by atoms with Crippen LogP contribution in [0.5, 0.6) is 5.75 Å². The Labute approximate surface area is 226 Å². The second-order valence-electron chi connectivity index (χ2n) is 10.1. The van der Waals surface area contributed by atoms with Gasteiger partial charge in [-0.15, -0.1) is 0 Å². The van der Waals surface area contributed by atoms with Crippen molar-refractivity contribution < 1.29 is 19.1 Å². The number of halogens is 1. The molecule has 2 aromatic heterocycles. The molecule has 2 aliphatic rings. The quantitative estimate of drug-likeness (QED) is 0.257. The molecule has 0 bridgehead atoms. The molecule has 0 spiro atoms. The first kappa shape index (κ1) is 25.2. The number of anilines is 3. The Morgan fingerprint density at radius 2 is 1.92 bits per heavy atom. The standard InChI is InChI=1S/C30H30FN5O3/c1-4-36-28-23(30(37)34(2)24-10-12-27(31)33-29(24)36)15-18(17-32-28)13-14-39-26-11-9-20(22-16-25(22)35(3)38)19-7-5-6-8-21(19)26/h5-12,15,17,22,25,38H,4,13-14,16H2,1-3H3. The SMILES string of the molecule is CCN1c2ncc(CCOc3ccc(C4CC4N(C)O)c4ccccc34)cc2C(=O)N(C)c2ccc(F)nc21. The van der Waals surface area contributed by atoms with Crippen molar-refractivity contribution in [2.45, 2.75) is 31.7 Å². The summed E-state index contributed by atoms with van der Waals surface area (Å²) in [4.78, 5) is 25.3. The van der Waals surface area contributed by atoms with E-state index >= 15 is 0 Å². The van der Waals surface area contributed by atoms with Gasteiger partial charge in [0.25, 0.3) is 5.91 Å². The maximum absolute atomic E-state index is 14.0. The molecule has 6 rings (SSSR count). The number of carbonyl (C=O) groups excluding carboxylic acids is 1. The molecule has 2 unspecified atom stereocenters. The Balaban J connectivity index is 1.23. The van der Waals surface area contributed by atoms with E-state index < -0.39 is 5.95 Å². The molecule has 0 radical (unpaired) electrons. The summed E-state index contributed by atoms with van der Waals surface area (Å²) in [6.07, 6.45) is 3.23. The van der Waals surface area contributed by atoms with Gasteiger partial charge in [-0.25, -0.2) is 4.98 Å². The van der Waals surface area contributed by atoms with Gasteiger partial charge in [0.05, 0.1) is 17.9 Å². The number of carbonyl (C=O) groups is 1. The van der Waals surface area contributed by atoms with Crippen molar-refractivity contribution in [2.24, 2.45) is 0 Å². The molecule has 1 aliphatic carbocycles. The molecule has 4 aromatic rings. The Morgan fingerprint density at radius 3 is 2.67 bits per heavy atom. The Morgan fingerprint density at radius 1 is 1.13 bits per heavy atom. The Bertz CT molecular complexity index is 1580. The number of nitrogens with zero attached hydrogens (tertiary/aromatic N) is 5. The van der Waals surface area contributed by atoms with Crippen LogP contribution in [-0.2, 0) is 6.42 Å². The van der Waals surface area contributed by atoms with Gasteiger partial charge in [-0.05, 0) is 54.1 Å². The van der Waals surface area contributed by atoms with Gasteiger partial charge < -0.3 is 19.7 Å². The molecule has 1 N–H and O–H groups in total. The number of likely N-dealkylation sites (N-methyl/N-ethyl adjacent to an activating group) is 1. The zero-order valence-electron chi connectivity index (χ0n) is 22.1. The number of benzene rings is 2. The molecular formula is C30H30FN5O3. The molecule has 0 saturated heterocycles. The Kier molecular flexibility index (Phi) is 6.40. The lowest BCUT2D eigenvalue weighted by atomic mass is 10.00. The van der Waals surface area contributed by atoms with Crippen LogP contribution in [0, 0.1) is 5.95 Å². The van der Waals surface area contributed by atoms with Crippen LogP contribution in [0.25, 0.3) is 10.8 Å². The van der Waals surface area contributed by atoms with E-state index in [9.17, 15) is 14.4 Å². The van der Waals surface area contributed by atoms with Gasteiger partial charge in [0.15, 0.2) is 5.82 Å². The van der Waals surface area contributed by atoms with Crippen LogP contribution in [0.15, 0.2) is 60.8 Å². The number of pyridine rings is 2. The molecule has 2 aromatic carbocycles. The molecule has 8 nitrogen and oxygen atoms in total. The number of fused-ring (bicyclic) bond motifs is 3. The summed E-state index contributed by atoms with van der Waals surface area (Å²) < 4.78 is 20.2. The number of ether oxygens (including phenoxy) is 1. The van der Waals surface area contributed by atoms with E-state index in [0.29, 0.717) is 48.4 Å². The van der Waals surface area contributed by atoms with E-state index in [0.717, 1.165) is 28.5 Å². The largest absolute Gasteiger partial charge is 0.493 e. The number of hydrogen-bond acceptors (Lipinski definition) is 7. The number of hydrogen-bond donors (Lipinski definition) is 1. The topological polar surface area (TPSA) is 82.0 Å². The van der Waals surface area contributed by atoms with Crippen molar-refractivity contribution in [2.75, 3.05) is 37.0 Å². The normalized spacial score (nSPS) is 18.3. The minimum absolute atomic E-state index is 0.147. The van der Waals surface area contributed by atoms with Crippen LogP contribution in [-0.4, -0.2) is 59.4 Å². The lowest BCUT2D eigenvalue weighted by Gasteiger charge is -2.22. The molecule has 3 heterocycles. The molecule has 9 heteroatoms. The highest BCUT2D eigenvalue weighted by Gasteiger charge is 2.42. The summed E-state index contributed by atoms with van der Waals surface area (Å²) in [5, 5.41) is 13.3. The van der Waals surface area contributed by atoms with Crippen LogP contribution in [0.4, 0.5) is 21.7 Å². The highest BCUT2D eigenvalue weighted by atomic mass is 19.1. The van der Waals surface area contributed by atoms with Gasteiger partial charge in [0.2, 0.25) is 5.95 Å². The summed E-state index contributed by atoms with van der Waals surface area (Å²) >= 11 is 0. The van der Waals surface area contributed by atoms with Crippen LogP contribution in [0.2, 0.25) is 0 Å². The summed E-state index contributed by atoms with van der Waals surface area (Å²) in [7, 11) is 3.36. The highest BCUT2D eigenvalue weighted by molar-refractivity contribution is 6.12. The average molecular weight is 528 g/mol. The molecule has 1 fully saturated rings. The summed E-state index contributed by atoms with van der Waals surface area (Å²) in [5.74, 6) is 1.10. The summed E-state index contributed by atoms with van der Waals surface area (Å²) in [5.41, 5.74) is 3.06. The van der Waals surface area contributed by atoms with Gasteiger partial charge in [-0.3, -0.25) is 4.79 Å². The van der Waals surface area contributed by atoms with E-state index in [1.54, 1.807) is 31.3 Å². The van der Waals surface area contributed by atoms with E-state index in [-0.39, 0.29) is 11.9 Å². The smallest absolute Gasteiger partial charge is 0.261 e. The van der Waals surface area contributed by atoms with Gasteiger partial charge in [0.1, 0.15) is 11.6 Å². The van der Waals surface area contributed by atoms with Gasteiger partial charge >= 0.3 is 0 Å². The van der Waals surface area contributed by atoms with Crippen molar-refractivity contribution in [1.82, 2.24) is 15.0 Å². The predicted octanol–water partition coefficient (Wildman–Crippen LogP) is 5.32. The number of hydroxylamine groups is 2. The first-order valence-electron chi connectivity index (χ1n) is 13.1. The van der Waals surface area contributed by atoms with Gasteiger partial charge in [-0.1, -0.05) is 30.3 Å². The van der Waals surface area contributed by atoms with E-state index in [1.807, 2.05) is 31.2 Å². The third-order valence-corrected chi connectivity index (χ3v) is 7.67. The van der Waals surface area contributed by atoms with Crippen LogP contribution in [0.1, 0.15) is 40.7 Å². The minimum atomic E-state index is -0.608. The maximum Gasteiger partial charge on any atom is 0.261 e. The Hall–Kier alpha value is -4.08. The molecule has 1 saturated carbocycles. The minimum Gasteiger partial charge on any atom is -0.493 e. The lowest BCUT2D eigenvalue weighted by molar-refractivity contribution is -0.0748. The number of amides is 1. The lowest BCUT2D eigenvalue weighted by Crippen LogP contribution is -2.25. The summed E-state index contributed by atoms with van der Waals surface area (Å²) in [6, 6.07) is 17.1. The monoisotopic (exact) mass is 527 g/mol. The number of aromatic nitrogens is 2. The van der Waals surface area contributed by atoms with E-state index in [1.165, 1.54) is 21.6 Å². The van der Waals surface area contributed by atoms with Crippen LogP contribution in [0.3, 0.4) is 0 Å². The number of rotatable bonds is 7. The molecule has 2 atom stereocenters. The highest BCUT2D eigenvalue weighted by Crippen LogP contribution is 2.47. The first-order chi connectivity index (χ1) is 18.9. The fourth-order valence-electron chi connectivity index (χ4n) is 5.53. The average Bonchev–Trinajstić information content (AvgIpc) is 3.75. The first-order valence-corrected chi connectivity index (χ1v) is 13.1. The van der Waals surface area contributed by atoms with E-state index in [4.69, 9.17) is 4.74 Å². The second kappa shape index (κ2) is 9.91. The molecular weight excluding hydrogens is 497 g/mol. The predicted molar refractivity (Wildman–Crippen MR) is 148 cm³/mol. The zero-order chi connectivity index (χ0) is 27.3. The third-order valence-electron chi connectivity index (χ3n) is 7.67. The van der Waals surface area contributed by atoms with Crippen molar-refractivity contribution in [1.29, 1.82) is 0 Å². The van der Waals surface area contributed by atoms with Crippen molar-refractivity contribution in [3.05, 3.63) is 83.4 Å².